The highest BCUT2D eigenvalue weighted by atomic mass is 35.5. The van der Waals surface area contributed by atoms with Crippen molar-refractivity contribution in [3.8, 4) is 0 Å². The topological polar surface area (TPSA) is 96.8 Å². The smallest absolute Gasteiger partial charge is 0.281 e. The Morgan fingerprint density at radius 2 is 2.13 bits per heavy atom. The molecule has 1 atom stereocenters. The van der Waals surface area contributed by atoms with Crippen LogP contribution in [0.5, 0.6) is 0 Å². The molecule has 1 amide bonds. The number of aromatic nitrogens is 5. The van der Waals surface area contributed by atoms with Crippen LogP contribution in [0.25, 0.3) is 11.2 Å². The molecule has 31 heavy (non-hydrogen) atoms. The summed E-state index contributed by atoms with van der Waals surface area (Å²) >= 11 is 12.3. The number of benzene rings is 1. The predicted octanol–water partition coefficient (Wildman–Crippen LogP) is 3.62. The van der Waals surface area contributed by atoms with E-state index < -0.39 is 0 Å². The summed E-state index contributed by atoms with van der Waals surface area (Å²) in [5.74, 6) is 0.976. The number of fused-ring (bicyclic) bond motifs is 1. The number of carbonyl (C=O) groups is 1. The van der Waals surface area contributed by atoms with Gasteiger partial charge < -0.3 is 9.88 Å². The zero-order valence-electron chi connectivity index (χ0n) is 17.4. The van der Waals surface area contributed by atoms with Gasteiger partial charge in [0.05, 0.1) is 6.54 Å². The number of rotatable bonds is 5. The van der Waals surface area contributed by atoms with E-state index in [1.54, 1.807) is 16.8 Å². The predicted molar refractivity (Wildman–Crippen MR) is 120 cm³/mol. The van der Waals surface area contributed by atoms with Crippen molar-refractivity contribution in [2.45, 2.75) is 45.6 Å². The molecule has 1 fully saturated rings. The van der Waals surface area contributed by atoms with Crippen LogP contribution in [-0.2, 0) is 11.3 Å². The van der Waals surface area contributed by atoms with Crippen LogP contribution >= 0.6 is 23.2 Å². The summed E-state index contributed by atoms with van der Waals surface area (Å²) in [5.41, 5.74) is 1.04. The number of piperidine rings is 1. The second-order valence-electron chi connectivity index (χ2n) is 8.38. The first-order valence-electron chi connectivity index (χ1n) is 10.4. The van der Waals surface area contributed by atoms with Gasteiger partial charge in [-0.1, -0.05) is 48.3 Å². The molecule has 0 spiro atoms. The molecule has 0 bridgehead atoms. The van der Waals surface area contributed by atoms with Crippen molar-refractivity contribution in [3.05, 3.63) is 50.0 Å². The van der Waals surface area contributed by atoms with Gasteiger partial charge in [-0.15, -0.1) is 5.10 Å². The molecule has 0 aliphatic carbocycles. The number of H-pyrrole nitrogens is 1. The number of carbonyl (C=O) groups excluding carboxylic acids is 1. The molecule has 0 radical (unpaired) electrons. The highest BCUT2D eigenvalue weighted by molar-refractivity contribution is 6.35. The average Bonchev–Trinajstić information content (AvgIpc) is 3.13. The van der Waals surface area contributed by atoms with E-state index in [2.05, 4.69) is 15.3 Å². The van der Waals surface area contributed by atoms with Crippen LogP contribution in [0, 0.1) is 5.92 Å². The molecule has 1 N–H and O–H groups in total. The van der Waals surface area contributed by atoms with Crippen LogP contribution in [0.4, 0.5) is 0 Å². The van der Waals surface area contributed by atoms with Gasteiger partial charge in [-0.25, -0.2) is 9.67 Å². The third-order valence-corrected chi connectivity index (χ3v) is 6.06. The monoisotopic (exact) mass is 462 g/mol. The minimum atomic E-state index is -0.334. The molecule has 1 aliphatic rings. The van der Waals surface area contributed by atoms with Crippen molar-refractivity contribution in [1.82, 2.24) is 29.9 Å². The summed E-state index contributed by atoms with van der Waals surface area (Å²) in [6.07, 6.45) is 2.24. The maximum absolute atomic E-state index is 12.6. The number of likely N-dealkylation sites (tertiary alicyclic amines) is 1. The Morgan fingerprint density at radius 3 is 2.87 bits per heavy atom. The average molecular weight is 463 g/mol. The molecule has 3 aromatic rings. The Labute approximate surface area is 189 Å². The number of nitrogens with zero attached hydrogens (tertiary/aromatic N) is 5. The number of hydrogen-bond acceptors (Lipinski definition) is 5. The van der Waals surface area contributed by atoms with Crippen molar-refractivity contribution in [1.29, 1.82) is 0 Å². The zero-order valence-corrected chi connectivity index (χ0v) is 18.9. The fourth-order valence-corrected chi connectivity index (χ4v) is 4.37. The van der Waals surface area contributed by atoms with Crippen molar-refractivity contribution in [3.63, 3.8) is 0 Å². The first-order valence-corrected chi connectivity index (χ1v) is 11.1. The first kappa shape index (κ1) is 21.8. The van der Waals surface area contributed by atoms with Gasteiger partial charge in [0.1, 0.15) is 5.82 Å². The summed E-state index contributed by atoms with van der Waals surface area (Å²) in [4.78, 5) is 34.6. The van der Waals surface area contributed by atoms with Crippen molar-refractivity contribution in [2.24, 2.45) is 5.92 Å². The van der Waals surface area contributed by atoms with Crippen LogP contribution in [0.15, 0.2) is 23.0 Å². The second-order valence-corrected chi connectivity index (χ2v) is 9.23. The Hall–Kier alpha value is -2.45. The fourth-order valence-electron chi connectivity index (χ4n) is 3.90. The van der Waals surface area contributed by atoms with Crippen molar-refractivity contribution in [2.75, 3.05) is 13.1 Å². The summed E-state index contributed by atoms with van der Waals surface area (Å²) in [5, 5.41) is 9.15. The van der Waals surface area contributed by atoms with Gasteiger partial charge in [0.25, 0.3) is 5.56 Å². The van der Waals surface area contributed by atoms with Gasteiger partial charge in [-0.05, 0) is 36.5 Å². The minimum absolute atomic E-state index is 0.0376. The van der Waals surface area contributed by atoms with Crippen LogP contribution < -0.4 is 5.56 Å². The normalized spacial score (nSPS) is 16.9. The Balaban J connectivity index is 1.63. The lowest BCUT2D eigenvalue weighted by Gasteiger charge is -2.32. The third kappa shape index (κ3) is 4.75. The molecule has 1 saturated heterocycles. The summed E-state index contributed by atoms with van der Waals surface area (Å²) in [6.45, 7) is 5.67. The molecule has 1 aromatic carbocycles. The Kier molecular flexibility index (Phi) is 6.29. The number of halogens is 2. The van der Waals surface area contributed by atoms with Crippen LogP contribution in [0.1, 0.15) is 50.4 Å². The first-order chi connectivity index (χ1) is 14.8. The molecule has 164 valence electrons. The summed E-state index contributed by atoms with van der Waals surface area (Å²) in [7, 11) is 0. The molecule has 4 rings (SSSR count). The minimum Gasteiger partial charge on any atom is -0.342 e. The summed E-state index contributed by atoms with van der Waals surface area (Å²) < 4.78 is 1.56. The lowest BCUT2D eigenvalue weighted by molar-refractivity contribution is -0.133. The van der Waals surface area contributed by atoms with Crippen molar-refractivity contribution >= 4 is 40.3 Å². The van der Waals surface area contributed by atoms with E-state index in [0.717, 1.165) is 24.9 Å². The SMILES string of the molecule is CC(C)CC(=O)N1CCCC(c2nc3c(nnn3Cc3ccc(Cl)cc3Cl)c(=O)[nH]2)C1. The van der Waals surface area contributed by atoms with Gasteiger partial charge in [-0.3, -0.25) is 9.59 Å². The number of hydrogen-bond donors (Lipinski definition) is 1. The third-order valence-electron chi connectivity index (χ3n) is 5.47. The lowest BCUT2D eigenvalue weighted by Crippen LogP contribution is -2.40. The Bertz CT molecular complexity index is 1170. The highest BCUT2D eigenvalue weighted by Gasteiger charge is 2.27. The van der Waals surface area contributed by atoms with Crippen LogP contribution in [0.2, 0.25) is 10.0 Å². The highest BCUT2D eigenvalue weighted by Crippen LogP contribution is 2.26. The van der Waals surface area contributed by atoms with E-state index in [1.807, 2.05) is 24.8 Å². The van der Waals surface area contributed by atoms with Crippen LogP contribution in [-0.4, -0.2) is 48.9 Å². The van der Waals surface area contributed by atoms with E-state index in [-0.39, 0.29) is 22.9 Å². The largest absolute Gasteiger partial charge is 0.342 e. The van der Waals surface area contributed by atoms with E-state index in [4.69, 9.17) is 28.2 Å². The number of amides is 1. The van der Waals surface area contributed by atoms with E-state index in [1.165, 1.54) is 0 Å². The van der Waals surface area contributed by atoms with Gasteiger partial charge in [0, 0.05) is 35.5 Å². The second kappa shape index (κ2) is 8.96. The van der Waals surface area contributed by atoms with Gasteiger partial charge in [0.15, 0.2) is 11.2 Å². The maximum Gasteiger partial charge on any atom is 0.281 e. The Morgan fingerprint density at radius 1 is 1.32 bits per heavy atom. The molecule has 8 nitrogen and oxygen atoms in total. The molecule has 1 aliphatic heterocycles. The molecular formula is C21H24Cl2N6O2. The molecular weight excluding hydrogens is 439 g/mol. The maximum atomic E-state index is 12.6. The van der Waals surface area contributed by atoms with Gasteiger partial charge in [0.2, 0.25) is 5.91 Å². The molecule has 1 unspecified atom stereocenters. The van der Waals surface area contributed by atoms with Crippen LogP contribution in [0.3, 0.4) is 0 Å². The number of aromatic amines is 1. The van der Waals surface area contributed by atoms with Crippen molar-refractivity contribution < 1.29 is 4.79 Å². The standard InChI is InChI=1S/C21H24Cl2N6O2/c1-12(2)8-17(30)28-7-3-4-14(10-28)19-24-20-18(21(31)25-19)26-27-29(20)11-13-5-6-15(22)9-16(13)23/h5-6,9,12,14H,3-4,7-8,10-11H2,1-2H3,(H,24,25,31). The summed E-state index contributed by atoms with van der Waals surface area (Å²) in [6, 6.07) is 5.22. The number of nitrogens with one attached hydrogen (secondary N) is 1. The van der Waals surface area contributed by atoms with E-state index in [0.29, 0.717) is 46.9 Å². The molecule has 3 heterocycles. The van der Waals surface area contributed by atoms with Gasteiger partial charge >= 0.3 is 0 Å². The lowest BCUT2D eigenvalue weighted by atomic mass is 9.96. The molecule has 2 aromatic heterocycles. The van der Waals surface area contributed by atoms with E-state index >= 15 is 0 Å². The molecule has 10 heteroatoms. The molecule has 0 saturated carbocycles. The van der Waals surface area contributed by atoms with E-state index in [9.17, 15) is 9.59 Å². The van der Waals surface area contributed by atoms with Gasteiger partial charge in [-0.2, -0.15) is 0 Å². The quantitative estimate of drug-likeness (QED) is 0.624. The fraction of sp³-hybridized carbons (Fsp3) is 0.476. The zero-order chi connectivity index (χ0) is 22.1.